The molecule has 5 heteroatoms. The zero-order valence-electron chi connectivity index (χ0n) is 10.6. The molecule has 0 spiro atoms. The van der Waals surface area contributed by atoms with Crippen LogP contribution in [0.2, 0.25) is 0 Å². The first-order chi connectivity index (χ1) is 9.13. The Morgan fingerprint density at radius 2 is 2.05 bits per heavy atom. The van der Waals surface area contributed by atoms with Gasteiger partial charge in [0.15, 0.2) is 0 Å². The molecule has 0 saturated heterocycles. The number of aromatic nitrogens is 1. The van der Waals surface area contributed by atoms with Gasteiger partial charge in [-0.15, -0.1) is 0 Å². The van der Waals surface area contributed by atoms with E-state index in [1.807, 2.05) is 31.2 Å². The molecule has 0 atom stereocenters. The number of aromatic amines is 1. The molecular weight excluding hydrogens is 244 g/mol. The second-order valence-corrected chi connectivity index (χ2v) is 4.17. The summed E-state index contributed by atoms with van der Waals surface area (Å²) >= 11 is 0. The number of hydrogen-bond acceptors (Lipinski definition) is 3. The van der Waals surface area contributed by atoms with Gasteiger partial charge in [-0.1, -0.05) is 6.92 Å². The van der Waals surface area contributed by atoms with Crippen molar-refractivity contribution in [1.82, 2.24) is 4.98 Å². The maximum absolute atomic E-state index is 11.2. The van der Waals surface area contributed by atoms with Crippen LogP contribution in [0.15, 0.2) is 30.5 Å². The number of carbonyl (C=O) groups is 1. The van der Waals surface area contributed by atoms with E-state index < -0.39 is 5.97 Å². The van der Waals surface area contributed by atoms with E-state index in [4.69, 9.17) is 15.6 Å². The van der Waals surface area contributed by atoms with Crippen molar-refractivity contribution in [2.24, 2.45) is 0 Å². The maximum atomic E-state index is 11.2. The van der Waals surface area contributed by atoms with Gasteiger partial charge < -0.3 is 20.6 Å². The lowest BCUT2D eigenvalue weighted by Gasteiger charge is -2.06. The Kier molecular flexibility index (Phi) is 3.75. The zero-order chi connectivity index (χ0) is 13.8. The van der Waals surface area contributed by atoms with E-state index in [9.17, 15) is 4.79 Å². The quantitative estimate of drug-likeness (QED) is 0.771. The van der Waals surface area contributed by atoms with Crippen molar-refractivity contribution in [2.75, 3.05) is 12.3 Å². The number of carboxylic acid groups (broad SMARTS) is 1. The highest BCUT2D eigenvalue weighted by molar-refractivity contribution is 6.00. The number of anilines is 1. The third-order valence-corrected chi connectivity index (χ3v) is 2.74. The Morgan fingerprint density at radius 3 is 2.63 bits per heavy atom. The van der Waals surface area contributed by atoms with Crippen LogP contribution in [0.25, 0.3) is 11.3 Å². The first-order valence-electron chi connectivity index (χ1n) is 6.07. The van der Waals surface area contributed by atoms with Gasteiger partial charge in [-0.05, 0) is 36.2 Å². The molecule has 1 aromatic carbocycles. The normalized spacial score (nSPS) is 10.4. The number of nitrogens with one attached hydrogen (secondary N) is 1. The highest BCUT2D eigenvalue weighted by Gasteiger charge is 2.17. The van der Waals surface area contributed by atoms with Crippen LogP contribution in [0.1, 0.15) is 23.7 Å². The minimum Gasteiger partial charge on any atom is -0.494 e. The topological polar surface area (TPSA) is 88.3 Å². The SMILES string of the molecule is CCCOc1ccc(-c2[nH]cc(N)c2C(=O)O)cc1. The average molecular weight is 260 g/mol. The van der Waals surface area contributed by atoms with Gasteiger partial charge in [-0.3, -0.25) is 0 Å². The number of rotatable bonds is 5. The van der Waals surface area contributed by atoms with Crippen LogP contribution in [-0.4, -0.2) is 22.7 Å². The van der Waals surface area contributed by atoms with Gasteiger partial charge in [0.2, 0.25) is 0 Å². The summed E-state index contributed by atoms with van der Waals surface area (Å²) in [6, 6.07) is 7.24. The Hall–Kier alpha value is -2.43. The fourth-order valence-electron chi connectivity index (χ4n) is 1.83. The summed E-state index contributed by atoms with van der Waals surface area (Å²) in [5.74, 6) is -0.276. The molecule has 0 unspecified atom stereocenters. The summed E-state index contributed by atoms with van der Waals surface area (Å²) in [6.07, 6.45) is 2.43. The van der Waals surface area contributed by atoms with Crippen molar-refractivity contribution < 1.29 is 14.6 Å². The molecule has 2 rings (SSSR count). The Bertz CT molecular complexity index is 573. The Labute approximate surface area is 111 Å². The first kappa shape index (κ1) is 13.0. The standard InChI is InChI=1S/C14H16N2O3/c1-2-7-19-10-5-3-9(4-6-10)13-12(14(17)18)11(15)8-16-13/h3-6,8,16H,2,7,15H2,1H3,(H,17,18). The molecule has 100 valence electrons. The van der Waals surface area contributed by atoms with E-state index in [-0.39, 0.29) is 11.3 Å². The molecule has 1 aromatic heterocycles. The van der Waals surface area contributed by atoms with Crippen LogP contribution < -0.4 is 10.5 Å². The fourth-order valence-corrected chi connectivity index (χ4v) is 1.83. The van der Waals surface area contributed by atoms with E-state index >= 15 is 0 Å². The zero-order valence-corrected chi connectivity index (χ0v) is 10.6. The maximum Gasteiger partial charge on any atom is 0.340 e. The second kappa shape index (κ2) is 5.48. The average Bonchev–Trinajstić information content (AvgIpc) is 2.79. The molecule has 0 aliphatic carbocycles. The van der Waals surface area contributed by atoms with Gasteiger partial charge in [0.05, 0.1) is 18.0 Å². The predicted octanol–water partition coefficient (Wildman–Crippen LogP) is 2.75. The molecule has 0 aliphatic heterocycles. The minimum absolute atomic E-state index is 0.0993. The molecular formula is C14H16N2O3. The van der Waals surface area contributed by atoms with Gasteiger partial charge in [0.1, 0.15) is 11.3 Å². The largest absolute Gasteiger partial charge is 0.494 e. The van der Waals surface area contributed by atoms with Crippen LogP contribution in [-0.2, 0) is 0 Å². The summed E-state index contributed by atoms with van der Waals surface area (Å²) in [7, 11) is 0. The predicted molar refractivity (Wildman–Crippen MR) is 73.4 cm³/mol. The summed E-state index contributed by atoms with van der Waals surface area (Å²) in [5, 5.41) is 9.14. The van der Waals surface area contributed by atoms with E-state index in [1.165, 1.54) is 6.20 Å². The first-order valence-corrected chi connectivity index (χ1v) is 6.07. The summed E-state index contributed by atoms with van der Waals surface area (Å²) < 4.78 is 5.48. The van der Waals surface area contributed by atoms with Crippen molar-refractivity contribution >= 4 is 11.7 Å². The van der Waals surface area contributed by atoms with E-state index in [2.05, 4.69) is 4.98 Å². The van der Waals surface area contributed by atoms with Gasteiger partial charge >= 0.3 is 5.97 Å². The van der Waals surface area contributed by atoms with Crippen molar-refractivity contribution in [3.05, 3.63) is 36.0 Å². The number of hydrogen-bond donors (Lipinski definition) is 3. The molecule has 0 aliphatic rings. The van der Waals surface area contributed by atoms with Gasteiger partial charge in [-0.2, -0.15) is 0 Å². The number of carboxylic acids is 1. The smallest absolute Gasteiger partial charge is 0.340 e. The molecule has 0 fully saturated rings. The molecule has 0 amide bonds. The number of ether oxygens (including phenoxy) is 1. The number of nitrogen functional groups attached to an aromatic ring is 1. The van der Waals surface area contributed by atoms with Crippen LogP contribution in [0, 0.1) is 0 Å². The van der Waals surface area contributed by atoms with Gasteiger partial charge in [-0.25, -0.2) is 4.79 Å². The van der Waals surface area contributed by atoms with Crippen molar-refractivity contribution in [3.8, 4) is 17.0 Å². The minimum atomic E-state index is -1.04. The van der Waals surface area contributed by atoms with Crippen molar-refractivity contribution in [1.29, 1.82) is 0 Å². The highest BCUT2D eigenvalue weighted by Crippen LogP contribution is 2.28. The van der Waals surface area contributed by atoms with Crippen molar-refractivity contribution in [3.63, 3.8) is 0 Å². The fraction of sp³-hybridized carbons (Fsp3) is 0.214. The number of H-pyrrole nitrogens is 1. The monoisotopic (exact) mass is 260 g/mol. The summed E-state index contributed by atoms with van der Waals surface area (Å²) in [4.78, 5) is 14.0. The molecule has 5 nitrogen and oxygen atoms in total. The summed E-state index contributed by atoms with van der Waals surface area (Å²) in [6.45, 7) is 2.70. The van der Waals surface area contributed by atoms with Crippen LogP contribution in [0.3, 0.4) is 0 Å². The molecule has 0 radical (unpaired) electrons. The number of benzene rings is 1. The van der Waals surface area contributed by atoms with Gasteiger partial charge in [0.25, 0.3) is 0 Å². The lowest BCUT2D eigenvalue weighted by molar-refractivity contribution is 0.0699. The molecule has 1 heterocycles. The third-order valence-electron chi connectivity index (χ3n) is 2.74. The van der Waals surface area contributed by atoms with Crippen LogP contribution in [0.5, 0.6) is 5.75 Å². The van der Waals surface area contributed by atoms with Crippen LogP contribution >= 0.6 is 0 Å². The van der Waals surface area contributed by atoms with E-state index in [1.54, 1.807) is 0 Å². The van der Waals surface area contributed by atoms with Crippen LogP contribution in [0.4, 0.5) is 5.69 Å². The van der Waals surface area contributed by atoms with Crippen molar-refractivity contribution in [2.45, 2.75) is 13.3 Å². The number of aromatic carboxylic acids is 1. The highest BCUT2D eigenvalue weighted by atomic mass is 16.5. The Balaban J connectivity index is 2.30. The molecule has 4 N–H and O–H groups in total. The lowest BCUT2D eigenvalue weighted by atomic mass is 10.1. The second-order valence-electron chi connectivity index (χ2n) is 4.17. The lowest BCUT2D eigenvalue weighted by Crippen LogP contribution is -2.01. The molecule has 19 heavy (non-hydrogen) atoms. The Morgan fingerprint density at radius 1 is 1.37 bits per heavy atom. The molecule has 0 saturated carbocycles. The summed E-state index contributed by atoms with van der Waals surface area (Å²) in [5.41, 5.74) is 7.24. The molecule has 0 bridgehead atoms. The van der Waals surface area contributed by atoms with Gasteiger partial charge in [0, 0.05) is 6.20 Å². The van der Waals surface area contributed by atoms with E-state index in [0.29, 0.717) is 12.3 Å². The van der Waals surface area contributed by atoms with E-state index in [0.717, 1.165) is 17.7 Å². The number of nitrogens with two attached hydrogens (primary N) is 1. The third kappa shape index (κ3) is 2.70. The molecule has 2 aromatic rings.